The third-order valence-corrected chi connectivity index (χ3v) is 3.76. The van der Waals surface area contributed by atoms with E-state index in [0.29, 0.717) is 16.3 Å². The first kappa shape index (κ1) is 15.7. The number of thiocarbonyl (C=S) groups is 1. The van der Waals surface area contributed by atoms with E-state index >= 15 is 0 Å². The van der Waals surface area contributed by atoms with Crippen LogP contribution in [0, 0.1) is 5.82 Å². The van der Waals surface area contributed by atoms with Crippen molar-refractivity contribution in [3.05, 3.63) is 46.0 Å². The quantitative estimate of drug-likeness (QED) is 0.858. The molecule has 2 aromatic rings. The predicted octanol–water partition coefficient (Wildman–Crippen LogP) is 2.99. The Kier molecular flexibility index (Phi) is 4.80. The van der Waals surface area contributed by atoms with Crippen LogP contribution in [0.2, 0.25) is 5.02 Å². The fraction of sp³-hybridized carbons (Fsp3) is 0.286. The van der Waals surface area contributed by atoms with Gasteiger partial charge in [0, 0.05) is 12.6 Å². The molecule has 1 aromatic carbocycles. The molecule has 1 aromatic heterocycles. The van der Waals surface area contributed by atoms with E-state index in [9.17, 15) is 4.39 Å². The number of hydrogen-bond donors (Lipinski definition) is 1. The standard InChI is InChI=1S/C14H15ClFN3OS/c1-3-10-13(15)11(19(2)18-10)7-20-12-5-4-8(14(17)21)6-9(12)16/h4-6H,3,7H2,1-2H3,(H2,17,21). The Hall–Kier alpha value is -1.66. The van der Waals surface area contributed by atoms with Gasteiger partial charge in [-0.15, -0.1) is 0 Å². The van der Waals surface area contributed by atoms with E-state index in [1.807, 2.05) is 6.92 Å². The molecule has 21 heavy (non-hydrogen) atoms. The van der Waals surface area contributed by atoms with Crippen LogP contribution >= 0.6 is 23.8 Å². The lowest BCUT2D eigenvalue weighted by Gasteiger charge is -2.09. The molecule has 0 saturated carbocycles. The number of hydrogen-bond acceptors (Lipinski definition) is 3. The summed E-state index contributed by atoms with van der Waals surface area (Å²) >= 11 is 11.0. The zero-order chi connectivity index (χ0) is 15.6. The highest BCUT2D eigenvalue weighted by Gasteiger charge is 2.14. The number of ether oxygens (including phenoxy) is 1. The molecular weight excluding hydrogens is 313 g/mol. The lowest BCUT2D eigenvalue weighted by molar-refractivity contribution is 0.280. The van der Waals surface area contributed by atoms with Crippen molar-refractivity contribution in [3.8, 4) is 5.75 Å². The fourth-order valence-corrected chi connectivity index (χ4v) is 2.37. The minimum atomic E-state index is -0.519. The highest BCUT2D eigenvalue weighted by molar-refractivity contribution is 7.80. The molecule has 0 bridgehead atoms. The maximum absolute atomic E-state index is 13.9. The Morgan fingerprint density at radius 3 is 2.76 bits per heavy atom. The van der Waals surface area contributed by atoms with Gasteiger partial charge in [-0.1, -0.05) is 30.7 Å². The summed E-state index contributed by atoms with van der Waals surface area (Å²) < 4.78 is 21.0. The molecule has 0 spiro atoms. The summed E-state index contributed by atoms with van der Waals surface area (Å²) in [5.74, 6) is -0.403. The highest BCUT2D eigenvalue weighted by Crippen LogP contribution is 2.24. The molecule has 0 aliphatic rings. The third-order valence-electron chi connectivity index (χ3n) is 3.08. The Labute approximate surface area is 132 Å². The van der Waals surface area contributed by atoms with Gasteiger partial charge < -0.3 is 10.5 Å². The highest BCUT2D eigenvalue weighted by atomic mass is 35.5. The van der Waals surface area contributed by atoms with E-state index < -0.39 is 5.82 Å². The Morgan fingerprint density at radius 1 is 1.52 bits per heavy atom. The van der Waals surface area contributed by atoms with Crippen LogP contribution in [0.1, 0.15) is 23.9 Å². The van der Waals surface area contributed by atoms with Gasteiger partial charge in [-0.25, -0.2) is 4.39 Å². The molecule has 112 valence electrons. The van der Waals surface area contributed by atoms with Gasteiger partial charge in [0.05, 0.1) is 16.4 Å². The van der Waals surface area contributed by atoms with Gasteiger partial charge in [-0.2, -0.15) is 5.10 Å². The molecular formula is C14H15ClFN3OS. The van der Waals surface area contributed by atoms with Crippen molar-refractivity contribution < 1.29 is 9.13 Å². The van der Waals surface area contributed by atoms with Crippen LogP contribution in [0.25, 0.3) is 0 Å². The lowest BCUT2D eigenvalue weighted by Crippen LogP contribution is -2.10. The maximum Gasteiger partial charge on any atom is 0.165 e. The fourth-order valence-electron chi connectivity index (χ4n) is 1.89. The molecule has 0 fully saturated rings. The molecule has 0 aliphatic heterocycles. The average Bonchev–Trinajstić information content (AvgIpc) is 2.72. The molecule has 0 radical (unpaired) electrons. The molecule has 2 N–H and O–H groups in total. The number of nitrogens with two attached hydrogens (primary N) is 1. The van der Waals surface area contributed by atoms with Crippen LogP contribution in [-0.4, -0.2) is 14.8 Å². The van der Waals surface area contributed by atoms with Gasteiger partial charge in [-0.05, 0) is 24.6 Å². The number of aryl methyl sites for hydroxylation is 2. The van der Waals surface area contributed by atoms with Crippen molar-refractivity contribution in [2.75, 3.05) is 0 Å². The van der Waals surface area contributed by atoms with Crippen LogP contribution in [0.15, 0.2) is 18.2 Å². The van der Waals surface area contributed by atoms with Gasteiger partial charge in [0.2, 0.25) is 0 Å². The Morgan fingerprint density at radius 2 is 2.24 bits per heavy atom. The third kappa shape index (κ3) is 3.33. The van der Waals surface area contributed by atoms with E-state index in [1.54, 1.807) is 17.8 Å². The minimum absolute atomic E-state index is 0.116. The maximum atomic E-state index is 13.9. The zero-order valence-electron chi connectivity index (χ0n) is 11.7. The van der Waals surface area contributed by atoms with Crippen molar-refractivity contribution in [2.24, 2.45) is 12.8 Å². The molecule has 0 saturated heterocycles. The average molecular weight is 328 g/mol. The molecule has 0 unspecified atom stereocenters. The summed E-state index contributed by atoms with van der Waals surface area (Å²) in [6.45, 7) is 2.10. The van der Waals surface area contributed by atoms with Crippen molar-refractivity contribution in [3.63, 3.8) is 0 Å². The van der Waals surface area contributed by atoms with E-state index in [2.05, 4.69) is 5.10 Å². The summed E-state index contributed by atoms with van der Waals surface area (Å²) in [7, 11) is 1.77. The summed E-state index contributed by atoms with van der Waals surface area (Å²) in [5.41, 5.74) is 7.40. The molecule has 7 heteroatoms. The van der Waals surface area contributed by atoms with Gasteiger partial charge >= 0.3 is 0 Å². The molecule has 4 nitrogen and oxygen atoms in total. The van der Waals surface area contributed by atoms with Gasteiger partial charge in [0.1, 0.15) is 11.6 Å². The van der Waals surface area contributed by atoms with Crippen LogP contribution in [-0.2, 0) is 20.1 Å². The van der Waals surface area contributed by atoms with Crippen LogP contribution in [0.3, 0.4) is 0 Å². The molecule has 0 aliphatic carbocycles. The number of nitrogens with zero attached hydrogens (tertiary/aromatic N) is 2. The SMILES string of the molecule is CCc1nn(C)c(COc2ccc(C(N)=S)cc2F)c1Cl. The Balaban J connectivity index is 2.17. The minimum Gasteiger partial charge on any atom is -0.484 e. The summed E-state index contributed by atoms with van der Waals surface area (Å²) in [5, 5.41) is 4.83. The monoisotopic (exact) mass is 327 g/mol. The first-order valence-corrected chi connectivity index (χ1v) is 7.15. The lowest BCUT2D eigenvalue weighted by atomic mass is 10.2. The normalized spacial score (nSPS) is 10.7. The topological polar surface area (TPSA) is 53.1 Å². The summed E-state index contributed by atoms with van der Waals surface area (Å²) in [6.07, 6.45) is 0.726. The van der Waals surface area contributed by atoms with Gasteiger partial charge in [0.15, 0.2) is 11.6 Å². The first-order chi connectivity index (χ1) is 9.93. The van der Waals surface area contributed by atoms with E-state index in [1.165, 1.54) is 12.1 Å². The molecule has 0 atom stereocenters. The number of rotatable bonds is 5. The summed E-state index contributed by atoms with van der Waals surface area (Å²) in [6, 6.07) is 4.36. The van der Waals surface area contributed by atoms with E-state index in [-0.39, 0.29) is 17.3 Å². The predicted molar refractivity (Wildman–Crippen MR) is 84.2 cm³/mol. The number of aromatic nitrogens is 2. The number of halogens is 2. The van der Waals surface area contributed by atoms with E-state index in [0.717, 1.165) is 12.1 Å². The molecule has 0 amide bonds. The van der Waals surface area contributed by atoms with Gasteiger partial charge in [0.25, 0.3) is 0 Å². The first-order valence-electron chi connectivity index (χ1n) is 6.36. The van der Waals surface area contributed by atoms with Crippen molar-refractivity contribution >= 4 is 28.8 Å². The number of benzene rings is 1. The summed E-state index contributed by atoms with van der Waals surface area (Å²) in [4.78, 5) is 0.141. The molecule has 2 rings (SSSR count). The van der Waals surface area contributed by atoms with Crippen LogP contribution < -0.4 is 10.5 Å². The smallest absolute Gasteiger partial charge is 0.165 e. The zero-order valence-corrected chi connectivity index (χ0v) is 13.3. The van der Waals surface area contributed by atoms with Crippen LogP contribution in [0.4, 0.5) is 4.39 Å². The molecule has 1 heterocycles. The van der Waals surface area contributed by atoms with Crippen molar-refractivity contribution in [1.82, 2.24) is 9.78 Å². The van der Waals surface area contributed by atoms with Crippen molar-refractivity contribution in [2.45, 2.75) is 20.0 Å². The van der Waals surface area contributed by atoms with Gasteiger partial charge in [-0.3, -0.25) is 4.68 Å². The second-order valence-electron chi connectivity index (χ2n) is 4.48. The van der Waals surface area contributed by atoms with Crippen molar-refractivity contribution in [1.29, 1.82) is 0 Å². The Bertz CT molecular complexity index is 687. The largest absolute Gasteiger partial charge is 0.484 e. The second-order valence-corrected chi connectivity index (χ2v) is 5.30. The van der Waals surface area contributed by atoms with E-state index in [4.69, 9.17) is 34.3 Å². The second kappa shape index (κ2) is 6.41. The van der Waals surface area contributed by atoms with Crippen LogP contribution in [0.5, 0.6) is 5.75 Å².